The Kier molecular flexibility index (Phi) is 4.51. The monoisotopic (exact) mass is 438 g/mol. The van der Waals surface area contributed by atoms with E-state index in [-0.39, 0.29) is 11.4 Å². The standard InChI is InChI=1S/C23H15ClN8/c1-2-31-18-10-6-4-8-14(18)29-22(31)19-20-23(30-16(12-26)15(11-25)28-20)32(21(19)27)17-9-5-3-7-13(17)24/h3-10H,2,27H2,1H3. The molecule has 0 atom stereocenters. The number of fused-ring (bicyclic) bond motifs is 2. The summed E-state index contributed by atoms with van der Waals surface area (Å²) in [5.74, 6) is 0.919. The number of nitrogen functional groups attached to an aromatic ring is 1. The molecule has 2 N–H and O–H groups in total. The number of nitrogens with two attached hydrogens (primary N) is 1. The van der Waals surface area contributed by atoms with E-state index in [1.807, 2.05) is 60.0 Å². The van der Waals surface area contributed by atoms with E-state index in [2.05, 4.69) is 9.97 Å². The lowest BCUT2D eigenvalue weighted by Gasteiger charge is -2.10. The van der Waals surface area contributed by atoms with Gasteiger partial charge in [-0.2, -0.15) is 10.5 Å². The molecule has 2 aromatic carbocycles. The van der Waals surface area contributed by atoms with Crippen molar-refractivity contribution in [1.82, 2.24) is 24.1 Å². The summed E-state index contributed by atoms with van der Waals surface area (Å²) in [6.07, 6.45) is 0. The van der Waals surface area contributed by atoms with E-state index in [9.17, 15) is 10.5 Å². The number of benzene rings is 2. The minimum Gasteiger partial charge on any atom is -0.384 e. The molecular formula is C23H15ClN8. The zero-order valence-electron chi connectivity index (χ0n) is 16.9. The van der Waals surface area contributed by atoms with E-state index in [0.717, 1.165) is 11.0 Å². The van der Waals surface area contributed by atoms with Gasteiger partial charge in [-0.25, -0.2) is 15.0 Å². The van der Waals surface area contributed by atoms with Gasteiger partial charge in [-0.15, -0.1) is 0 Å². The third-order valence-corrected chi connectivity index (χ3v) is 5.64. The lowest BCUT2D eigenvalue weighted by Crippen LogP contribution is -2.04. The van der Waals surface area contributed by atoms with Crippen molar-refractivity contribution in [2.75, 3.05) is 5.73 Å². The van der Waals surface area contributed by atoms with Crippen LogP contribution in [0.25, 0.3) is 39.3 Å². The van der Waals surface area contributed by atoms with Gasteiger partial charge in [0, 0.05) is 6.54 Å². The van der Waals surface area contributed by atoms with E-state index in [0.29, 0.717) is 45.6 Å². The van der Waals surface area contributed by atoms with Crippen molar-refractivity contribution < 1.29 is 0 Å². The molecule has 0 saturated heterocycles. The summed E-state index contributed by atoms with van der Waals surface area (Å²) in [6, 6.07) is 18.9. The second kappa shape index (κ2) is 7.38. The number of anilines is 1. The van der Waals surface area contributed by atoms with Crippen molar-refractivity contribution in [1.29, 1.82) is 10.5 Å². The lowest BCUT2D eigenvalue weighted by atomic mass is 10.2. The van der Waals surface area contributed by atoms with E-state index in [1.165, 1.54) is 0 Å². The average Bonchev–Trinajstić information content (AvgIpc) is 3.31. The fourth-order valence-corrected chi connectivity index (χ4v) is 4.16. The van der Waals surface area contributed by atoms with E-state index < -0.39 is 0 Å². The molecule has 0 bridgehead atoms. The van der Waals surface area contributed by atoms with Crippen LogP contribution in [0.5, 0.6) is 0 Å². The van der Waals surface area contributed by atoms with Gasteiger partial charge in [0.15, 0.2) is 17.0 Å². The van der Waals surface area contributed by atoms with Crippen molar-refractivity contribution in [3.05, 3.63) is 64.9 Å². The number of hydrogen-bond donors (Lipinski definition) is 1. The summed E-state index contributed by atoms with van der Waals surface area (Å²) >= 11 is 6.48. The number of rotatable bonds is 3. The van der Waals surface area contributed by atoms with Gasteiger partial charge < -0.3 is 10.3 Å². The maximum Gasteiger partial charge on any atom is 0.179 e. The van der Waals surface area contributed by atoms with Gasteiger partial charge >= 0.3 is 0 Å². The number of imidazole rings is 1. The minimum atomic E-state index is -0.0821. The average molecular weight is 439 g/mol. The smallest absolute Gasteiger partial charge is 0.179 e. The highest BCUT2D eigenvalue weighted by atomic mass is 35.5. The predicted octanol–water partition coefficient (Wildman–Crippen LogP) is 4.44. The molecule has 0 unspecified atom stereocenters. The quantitative estimate of drug-likeness (QED) is 0.444. The molecule has 0 saturated carbocycles. The van der Waals surface area contributed by atoms with Crippen molar-refractivity contribution in [2.45, 2.75) is 13.5 Å². The van der Waals surface area contributed by atoms with Gasteiger partial charge in [0.05, 0.1) is 27.3 Å². The van der Waals surface area contributed by atoms with Crippen molar-refractivity contribution in [2.24, 2.45) is 0 Å². The van der Waals surface area contributed by atoms with Gasteiger partial charge in [0.1, 0.15) is 29.3 Å². The van der Waals surface area contributed by atoms with Crippen LogP contribution >= 0.6 is 11.6 Å². The van der Waals surface area contributed by atoms with Crippen LogP contribution < -0.4 is 5.73 Å². The zero-order chi connectivity index (χ0) is 22.4. The van der Waals surface area contributed by atoms with Crippen LogP contribution in [-0.4, -0.2) is 24.1 Å². The molecule has 0 aliphatic heterocycles. The first-order chi connectivity index (χ1) is 15.6. The van der Waals surface area contributed by atoms with Crippen molar-refractivity contribution in [3.8, 4) is 29.2 Å². The Hall–Kier alpha value is -4.40. The topological polar surface area (TPSA) is 122 Å². The first kappa shape index (κ1) is 19.6. The highest BCUT2D eigenvalue weighted by molar-refractivity contribution is 6.32. The Morgan fingerprint density at radius 3 is 2.38 bits per heavy atom. The van der Waals surface area contributed by atoms with Crippen LogP contribution in [0.4, 0.5) is 5.82 Å². The number of hydrogen-bond acceptors (Lipinski definition) is 6. The van der Waals surface area contributed by atoms with Crippen LogP contribution in [-0.2, 0) is 6.54 Å². The Morgan fingerprint density at radius 1 is 0.969 bits per heavy atom. The number of aromatic nitrogens is 5. The summed E-state index contributed by atoms with van der Waals surface area (Å²) in [7, 11) is 0. The molecule has 154 valence electrons. The number of aryl methyl sites for hydroxylation is 1. The van der Waals surface area contributed by atoms with Gasteiger partial charge in [-0.1, -0.05) is 35.9 Å². The summed E-state index contributed by atoms with van der Waals surface area (Å²) in [5.41, 5.74) is 10.1. The van der Waals surface area contributed by atoms with Crippen molar-refractivity contribution >= 4 is 39.6 Å². The first-order valence-electron chi connectivity index (χ1n) is 9.81. The first-order valence-corrected chi connectivity index (χ1v) is 10.2. The Bertz CT molecular complexity index is 1610. The van der Waals surface area contributed by atoms with Gasteiger partial charge in [0.2, 0.25) is 0 Å². The van der Waals surface area contributed by atoms with Crippen LogP contribution in [0.1, 0.15) is 18.3 Å². The zero-order valence-corrected chi connectivity index (χ0v) is 17.7. The molecule has 0 fully saturated rings. The minimum absolute atomic E-state index is 0.0725. The summed E-state index contributed by atoms with van der Waals surface area (Å²) in [6.45, 7) is 2.66. The van der Waals surface area contributed by atoms with Gasteiger partial charge in [-0.05, 0) is 31.2 Å². The molecule has 0 spiro atoms. The normalized spacial score (nSPS) is 11.0. The highest BCUT2D eigenvalue weighted by Gasteiger charge is 2.27. The number of nitriles is 2. The third-order valence-electron chi connectivity index (χ3n) is 5.32. The molecule has 5 rings (SSSR count). The number of halogens is 1. The fraction of sp³-hybridized carbons (Fsp3) is 0.0870. The Labute approximate surface area is 187 Å². The molecule has 0 radical (unpaired) electrons. The van der Waals surface area contributed by atoms with Crippen LogP contribution in [0.2, 0.25) is 5.02 Å². The molecule has 8 nitrogen and oxygen atoms in total. The maximum absolute atomic E-state index is 9.54. The molecule has 5 aromatic rings. The second-order valence-corrected chi connectivity index (χ2v) is 7.44. The molecule has 0 amide bonds. The Balaban J connectivity index is 1.97. The van der Waals surface area contributed by atoms with E-state index in [1.54, 1.807) is 16.7 Å². The number of para-hydroxylation sites is 3. The molecule has 0 aliphatic rings. The maximum atomic E-state index is 9.54. The van der Waals surface area contributed by atoms with Gasteiger partial charge in [-0.3, -0.25) is 4.57 Å². The van der Waals surface area contributed by atoms with E-state index in [4.69, 9.17) is 22.3 Å². The predicted molar refractivity (Wildman–Crippen MR) is 122 cm³/mol. The molecule has 0 aliphatic carbocycles. The third kappa shape index (κ3) is 2.71. The van der Waals surface area contributed by atoms with Gasteiger partial charge in [0.25, 0.3) is 0 Å². The summed E-state index contributed by atoms with van der Waals surface area (Å²) in [4.78, 5) is 13.7. The Morgan fingerprint density at radius 2 is 1.66 bits per heavy atom. The molecule has 32 heavy (non-hydrogen) atoms. The molecule has 3 aromatic heterocycles. The highest BCUT2D eigenvalue weighted by Crippen LogP contribution is 2.39. The number of nitrogens with zero attached hydrogens (tertiary/aromatic N) is 7. The summed E-state index contributed by atoms with van der Waals surface area (Å²) < 4.78 is 3.69. The van der Waals surface area contributed by atoms with Crippen LogP contribution in [0.3, 0.4) is 0 Å². The largest absolute Gasteiger partial charge is 0.384 e. The van der Waals surface area contributed by atoms with Crippen LogP contribution in [0.15, 0.2) is 48.5 Å². The van der Waals surface area contributed by atoms with Crippen LogP contribution in [0, 0.1) is 22.7 Å². The molecular weight excluding hydrogens is 424 g/mol. The summed E-state index contributed by atoms with van der Waals surface area (Å²) in [5, 5.41) is 19.5. The molecule has 3 heterocycles. The van der Waals surface area contributed by atoms with Crippen molar-refractivity contribution in [3.63, 3.8) is 0 Å². The van der Waals surface area contributed by atoms with E-state index >= 15 is 0 Å². The SMILES string of the molecule is CCn1c(-c2c(N)n(-c3ccccc3Cl)c3nc(C#N)c(C#N)nc23)nc2ccccc21. The lowest BCUT2D eigenvalue weighted by molar-refractivity contribution is 0.797. The fourth-order valence-electron chi connectivity index (χ4n) is 3.94. The molecule has 9 heteroatoms. The second-order valence-electron chi connectivity index (χ2n) is 7.03.